The Kier molecular flexibility index (Phi) is 5.16. The number of aromatic amines is 1. The van der Waals surface area contributed by atoms with Gasteiger partial charge in [0.25, 0.3) is 0 Å². The summed E-state index contributed by atoms with van der Waals surface area (Å²) in [5.41, 5.74) is 0.191. The number of hydrogen-bond donors (Lipinski definition) is 1. The Labute approximate surface area is 142 Å². The van der Waals surface area contributed by atoms with Crippen molar-refractivity contribution in [1.29, 1.82) is 0 Å². The van der Waals surface area contributed by atoms with E-state index < -0.39 is 5.41 Å². The number of amides is 2. The van der Waals surface area contributed by atoms with Gasteiger partial charge >= 0.3 is 0 Å². The standard InChI is InChI=1S/C18H27N3O3/c1-12-10-20(17(24)18(3,4)5)11-13(2)21(12)16(23)8-14-6-7-15(22)19-9-14/h6-7,9,12-13H,8,10-11H2,1-5H3,(H,19,22). The van der Waals surface area contributed by atoms with E-state index in [0.29, 0.717) is 13.1 Å². The molecule has 1 saturated heterocycles. The first kappa shape index (κ1) is 18.2. The van der Waals surface area contributed by atoms with Gasteiger partial charge in [-0.1, -0.05) is 26.8 Å². The van der Waals surface area contributed by atoms with Crippen LogP contribution in [0.1, 0.15) is 40.2 Å². The quantitative estimate of drug-likeness (QED) is 0.889. The highest BCUT2D eigenvalue weighted by molar-refractivity contribution is 5.83. The Hall–Kier alpha value is -2.11. The Balaban J connectivity index is 2.07. The summed E-state index contributed by atoms with van der Waals surface area (Å²) in [6, 6.07) is 3.03. The van der Waals surface area contributed by atoms with E-state index in [1.807, 2.05) is 44.4 Å². The van der Waals surface area contributed by atoms with Crippen molar-refractivity contribution in [3.8, 4) is 0 Å². The predicted octanol–water partition coefficient (Wildman–Crippen LogP) is 1.41. The van der Waals surface area contributed by atoms with Gasteiger partial charge < -0.3 is 14.8 Å². The maximum atomic E-state index is 12.7. The summed E-state index contributed by atoms with van der Waals surface area (Å²) < 4.78 is 0. The lowest BCUT2D eigenvalue weighted by atomic mass is 9.93. The van der Waals surface area contributed by atoms with Crippen molar-refractivity contribution in [3.63, 3.8) is 0 Å². The normalized spacial score (nSPS) is 21.7. The first-order valence-electron chi connectivity index (χ1n) is 8.37. The molecule has 6 nitrogen and oxygen atoms in total. The molecule has 24 heavy (non-hydrogen) atoms. The molecule has 0 radical (unpaired) electrons. The van der Waals surface area contributed by atoms with Crippen molar-refractivity contribution in [2.45, 2.75) is 53.1 Å². The van der Waals surface area contributed by atoms with Crippen LogP contribution in [0.2, 0.25) is 0 Å². The maximum absolute atomic E-state index is 12.7. The number of carbonyl (C=O) groups excluding carboxylic acids is 2. The van der Waals surface area contributed by atoms with E-state index in [-0.39, 0.29) is 35.9 Å². The minimum absolute atomic E-state index is 0.0184. The van der Waals surface area contributed by atoms with Gasteiger partial charge in [0, 0.05) is 42.9 Å². The largest absolute Gasteiger partial charge is 0.338 e. The second-order valence-electron chi connectivity index (χ2n) is 7.70. The summed E-state index contributed by atoms with van der Waals surface area (Å²) in [5, 5.41) is 0. The van der Waals surface area contributed by atoms with Crippen molar-refractivity contribution < 1.29 is 9.59 Å². The fourth-order valence-electron chi connectivity index (χ4n) is 3.27. The van der Waals surface area contributed by atoms with Gasteiger partial charge in [0.15, 0.2) is 0 Å². The van der Waals surface area contributed by atoms with Gasteiger partial charge in [-0.15, -0.1) is 0 Å². The molecule has 2 amide bonds. The molecule has 0 saturated carbocycles. The summed E-state index contributed by atoms with van der Waals surface area (Å²) in [5.74, 6) is 0.138. The number of piperazine rings is 1. The van der Waals surface area contributed by atoms with Crippen molar-refractivity contribution in [1.82, 2.24) is 14.8 Å². The third-order valence-electron chi connectivity index (χ3n) is 4.34. The van der Waals surface area contributed by atoms with Crippen LogP contribution in [0.15, 0.2) is 23.1 Å². The van der Waals surface area contributed by atoms with Gasteiger partial charge in [0.2, 0.25) is 17.4 Å². The number of aromatic nitrogens is 1. The van der Waals surface area contributed by atoms with Gasteiger partial charge in [-0.3, -0.25) is 14.4 Å². The molecule has 132 valence electrons. The molecule has 0 aromatic carbocycles. The molecule has 0 spiro atoms. The molecule has 6 heteroatoms. The zero-order valence-corrected chi connectivity index (χ0v) is 15.1. The Bertz CT molecular complexity index is 642. The number of carbonyl (C=O) groups is 2. The minimum atomic E-state index is -0.415. The van der Waals surface area contributed by atoms with Gasteiger partial charge in [0.05, 0.1) is 6.42 Å². The third-order valence-corrected chi connectivity index (χ3v) is 4.34. The van der Waals surface area contributed by atoms with E-state index in [4.69, 9.17) is 0 Å². The van der Waals surface area contributed by atoms with Gasteiger partial charge in [0.1, 0.15) is 0 Å². The Morgan fingerprint density at radius 3 is 2.21 bits per heavy atom. The zero-order valence-electron chi connectivity index (χ0n) is 15.1. The van der Waals surface area contributed by atoms with Crippen LogP contribution in [0.5, 0.6) is 0 Å². The predicted molar refractivity (Wildman–Crippen MR) is 92.6 cm³/mol. The molecular weight excluding hydrogens is 306 g/mol. The number of H-pyrrole nitrogens is 1. The molecule has 0 bridgehead atoms. The highest BCUT2D eigenvalue weighted by Crippen LogP contribution is 2.23. The van der Waals surface area contributed by atoms with Crippen LogP contribution in [0.4, 0.5) is 0 Å². The topological polar surface area (TPSA) is 73.5 Å². The number of hydrogen-bond acceptors (Lipinski definition) is 3. The van der Waals surface area contributed by atoms with Crippen LogP contribution in [-0.2, 0) is 16.0 Å². The summed E-state index contributed by atoms with van der Waals surface area (Å²) in [6.45, 7) is 10.8. The minimum Gasteiger partial charge on any atom is -0.338 e. The number of pyridine rings is 1. The van der Waals surface area contributed by atoms with Crippen LogP contribution in [-0.4, -0.2) is 51.8 Å². The molecule has 2 heterocycles. The van der Waals surface area contributed by atoms with E-state index in [1.165, 1.54) is 6.07 Å². The van der Waals surface area contributed by atoms with Crippen LogP contribution >= 0.6 is 0 Å². The highest BCUT2D eigenvalue weighted by atomic mass is 16.2. The van der Waals surface area contributed by atoms with E-state index in [9.17, 15) is 14.4 Å². The van der Waals surface area contributed by atoms with Crippen molar-refractivity contribution in [3.05, 3.63) is 34.2 Å². The lowest BCUT2D eigenvalue weighted by molar-refractivity contribution is -0.150. The lowest BCUT2D eigenvalue weighted by Crippen LogP contribution is -2.61. The van der Waals surface area contributed by atoms with Crippen LogP contribution in [0, 0.1) is 5.41 Å². The number of nitrogens with zero attached hydrogens (tertiary/aromatic N) is 2. The second kappa shape index (κ2) is 6.79. The van der Waals surface area contributed by atoms with E-state index in [0.717, 1.165) is 5.56 Å². The molecule has 2 atom stereocenters. The van der Waals surface area contributed by atoms with Crippen LogP contribution < -0.4 is 5.56 Å². The lowest BCUT2D eigenvalue weighted by Gasteiger charge is -2.46. The molecule has 1 aliphatic heterocycles. The van der Waals surface area contributed by atoms with Crippen LogP contribution in [0.25, 0.3) is 0 Å². The van der Waals surface area contributed by atoms with E-state index in [2.05, 4.69) is 4.98 Å². The smallest absolute Gasteiger partial charge is 0.247 e. The van der Waals surface area contributed by atoms with Gasteiger partial charge in [-0.2, -0.15) is 0 Å². The summed E-state index contributed by atoms with van der Waals surface area (Å²) >= 11 is 0. The Morgan fingerprint density at radius 1 is 1.17 bits per heavy atom. The van der Waals surface area contributed by atoms with E-state index in [1.54, 1.807) is 12.3 Å². The molecule has 2 rings (SSSR count). The monoisotopic (exact) mass is 333 g/mol. The molecule has 1 aromatic rings. The first-order valence-corrected chi connectivity index (χ1v) is 8.37. The molecule has 0 aliphatic carbocycles. The number of rotatable bonds is 2. The molecule has 1 N–H and O–H groups in total. The van der Waals surface area contributed by atoms with Gasteiger partial charge in [-0.05, 0) is 19.4 Å². The fraction of sp³-hybridized carbons (Fsp3) is 0.611. The van der Waals surface area contributed by atoms with Crippen LogP contribution in [0.3, 0.4) is 0 Å². The average Bonchev–Trinajstić information content (AvgIpc) is 2.47. The summed E-state index contributed by atoms with van der Waals surface area (Å²) in [4.78, 5) is 42.6. The highest BCUT2D eigenvalue weighted by Gasteiger charge is 2.37. The summed E-state index contributed by atoms with van der Waals surface area (Å²) in [7, 11) is 0. The van der Waals surface area contributed by atoms with Crippen molar-refractivity contribution in [2.75, 3.05) is 13.1 Å². The van der Waals surface area contributed by atoms with Gasteiger partial charge in [-0.25, -0.2) is 0 Å². The molecular formula is C18H27N3O3. The first-order chi connectivity index (χ1) is 11.1. The van der Waals surface area contributed by atoms with Crippen molar-refractivity contribution >= 4 is 11.8 Å². The maximum Gasteiger partial charge on any atom is 0.247 e. The van der Waals surface area contributed by atoms with Crippen molar-refractivity contribution in [2.24, 2.45) is 5.41 Å². The molecule has 1 aromatic heterocycles. The summed E-state index contributed by atoms with van der Waals surface area (Å²) in [6.07, 6.45) is 1.83. The van der Waals surface area contributed by atoms with E-state index >= 15 is 0 Å². The fourth-order valence-corrected chi connectivity index (χ4v) is 3.27. The second-order valence-corrected chi connectivity index (χ2v) is 7.70. The molecule has 2 unspecified atom stereocenters. The molecule has 1 aliphatic rings. The zero-order chi connectivity index (χ0) is 18.1. The number of nitrogens with one attached hydrogen (secondary N) is 1. The third kappa shape index (κ3) is 4.04. The SMILES string of the molecule is CC1CN(C(=O)C(C)(C)C)CC(C)N1C(=O)Cc1ccc(=O)[nH]c1. The Morgan fingerprint density at radius 2 is 1.75 bits per heavy atom. The average molecular weight is 333 g/mol. The molecule has 1 fully saturated rings.